The van der Waals surface area contributed by atoms with Crippen LogP contribution in [0.15, 0.2) is 36.4 Å². The van der Waals surface area contributed by atoms with Crippen molar-refractivity contribution in [3.8, 4) is 11.5 Å². The van der Waals surface area contributed by atoms with Crippen LogP contribution in [0.25, 0.3) is 0 Å². The Hall–Kier alpha value is -1.96. The van der Waals surface area contributed by atoms with Gasteiger partial charge >= 0.3 is 0 Å². The number of aromatic hydroxyl groups is 2. The largest absolute Gasteiger partial charge is 0.508 e. The summed E-state index contributed by atoms with van der Waals surface area (Å²) in [6.45, 7) is 6.08. The van der Waals surface area contributed by atoms with Gasteiger partial charge in [-0.25, -0.2) is 0 Å². The molecule has 0 unspecified atom stereocenters. The topological polar surface area (TPSA) is 40.5 Å². The van der Waals surface area contributed by atoms with Crippen LogP contribution in [0, 0.1) is 13.8 Å². The molecule has 0 heterocycles. The summed E-state index contributed by atoms with van der Waals surface area (Å²) >= 11 is 0. The first kappa shape index (κ1) is 16.4. The maximum Gasteiger partial charge on any atom is 0.118 e. The van der Waals surface area contributed by atoms with Crippen molar-refractivity contribution in [2.75, 3.05) is 0 Å². The van der Waals surface area contributed by atoms with Crippen molar-refractivity contribution >= 4 is 0 Å². The molecule has 0 fully saturated rings. The van der Waals surface area contributed by atoms with E-state index >= 15 is 0 Å². The molecular weight excluding hydrogens is 272 g/mol. The van der Waals surface area contributed by atoms with E-state index in [0.717, 1.165) is 17.5 Å². The van der Waals surface area contributed by atoms with Crippen LogP contribution in [0.5, 0.6) is 11.5 Å². The van der Waals surface area contributed by atoms with Crippen molar-refractivity contribution in [3.63, 3.8) is 0 Å². The Bertz CT molecular complexity index is 580. The highest BCUT2D eigenvalue weighted by atomic mass is 16.3. The van der Waals surface area contributed by atoms with Crippen molar-refractivity contribution < 1.29 is 10.2 Å². The zero-order valence-electron chi connectivity index (χ0n) is 13.8. The molecule has 0 aromatic heterocycles. The minimum Gasteiger partial charge on any atom is -0.508 e. The molecule has 0 spiro atoms. The molecule has 0 aliphatic carbocycles. The van der Waals surface area contributed by atoms with Crippen LogP contribution in [0.4, 0.5) is 0 Å². The third-order valence-corrected chi connectivity index (χ3v) is 4.34. The van der Waals surface area contributed by atoms with Gasteiger partial charge in [0, 0.05) is 5.92 Å². The van der Waals surface area contributed by atoms with Crippen molar-refractivity contribution in [2.24, 2.45) is 0 Å². The summed E-state index contributed by atoms with van der Waals surface area (Å²) in [6, 6.07) is 11.8. The number of phenols is 2. The third-order valence-electron chi connectivity index (χ3n) is 4.34. The zero-order chi connectivity index (χ0) is 16.1. The quantitative estimate of drug-likeness (QED) is 0.698. The lowest BCUT2D eigenvalue weighted by Crippen LogP contribution is -2.02. The fraction of sp³-hybridized carbons (Fsp3) is 0.400. The Morgan fingerprint density at radius 1 is 0.818 bits per heavy atom. The highest BCUT2D eigenvalue weighted by molar-refractivity contribution is 5.43. The predicted molar refractivity (Wildman–Crippen MR) is 91.7 cm³/mol. The first-order valence-electron chi connectivity index (χ1n) is 8.12. The molecule has 2 aromatic carbocycles. The van der Waals surface area contributed by atoms with Crippen LogP contribution in [0.3, 0.4) is 0 Å². The van der Waals surface area contributed by atoms with Gasteiger partial charge in [-0.05, 0) is 54.7 Å². The summed E-state index contributed by atoms with van der Waals surface area (Å²) in [6.07, 6.45) is 4.70. The number of phenolic OH excluding ortho intramolecular Hbond substituents is 2. The summed E-state index contributed by atoms with van der Waals surface area (Å²) in [7, 11) is 0. The average molecular weight is 298 g/mol. The van der Waals surface area contributed by atoms with E-state index in [4.69, 9.17) is 0 Å². The summed E-state index contributed by atoms with van der Waals surface area (Å²) in [5.74, 6) is 1.00. The number of rotatable bonds is 6. The lowest BCUT2D eigenvalue weighted by atomic mass is 9.85. The Morgan fingerprint density at radius 2 is 1.32 bits per heavy atom. The van der Waals surface area contributed by atoms with Gasteiger partial charge in [0.1, 0.15) is 11.5 Å². The Labute approximate surface area is 133 Å². The second-order valence-electron chi connectivity index (χ2n) is 6.14. The molecule has 2 nitrogen and oxygen atoms in total. The fourth-order valence-corrected chi connectivity index (χ4v) is 2.92. The summed E-state index contributed by atoms with van der Waals surface area (Å²) in [4.78, 5) is 0. The molecule has 2 N–H and O–H groups in total. The molecule has 2 aromatic rings. The summed E-state index contributed by atoms with van der Waals surface area (Å²) in [5.41, 5.74) is 4.29. The maximum absolute atomic E-state index is 9.76. The van der Waals surface area contributed by atoms with E-state index in [1.165, 1.54) is 30.4 Å². The second-order valence-corrected chi connectivity index (χ2v) is 6.14. The van der Waals surface area contributed by atoms with E-state index < -0.39 is 0 Å². The van der Waals surface area contributed by atoms with Crippen LogP contribution in [-0.4, -0.2) is 10.2 Å². The van der Waals surface area contributed by atoms with Crippen LogP contribution < -0.4 is 0 Å². The van der Waals surface area contributed by atoms with Gasteiger partial charge in [0.15, 0.2) is 0 Å². The highest BCUT2D eigenvalue weighted by Crippen LogP contribution is 2.34. The van der Waals surface area contributed by atoms with E-state index in [0.29, 0.717) is 17.4 Å². The number of hydrogen-bond donors (Lipinski definition) is 2. The molecule has 0 bridgehead atoms. The smallest absolute Gasteiger partial charge is 0.118 e. The van der Waals surface area contributed by atoms with E-state index in [2.05, 4.69) is 19.1 Å². The highest BCUT2D eigenvalue weighted by Gasteiger charge is 2.16. The molecule has 0 amide bonds. The van der Waals surface area contributed by atoms with E-state index in [-0.39, 0.29) is 0 Å². The predicted octanol–water partition coefficient (Wildman–Crippen LogP) is 5.43. The monoisotopic (exact) mass is 298 g/mol. The van der Waals surface area contributed by atoms with Gasteiger partial charge in [-0.15, -0.1) is 0 Å². The molecule has 0 atom stereocenters. The number of benzene rings is 2. The number of hydrogen-bond acceptors (Lipinski definition) is 2. The van der Waals surface area contributed by atoms with Crippen LogP contribution >= 0.6 is 0 Å². The zero-order valence-corrected chi connectivity index (χ0v) is 13.8. The van der Waals surface area contributed by atoms with E-state index in [1.807, 2.05) is 26.0 Å². The van der Waals surface area contributed by atoms with Crippen LogP contribution in [0.1, 0.15) is 60.8 Å². The van der Waals surface area contributed by atoms with Gasteiger partial charge in [0.25, 0.3) is 0 Å². The fourth-order valence-electron chi connectivity index (χ4n) is 2.92. The maximum atomic E-state index is 9.76. The number of aryl methyl sites for hydroxylation is 2. The van der Waals surface area contributed by atoms with Gasteiger partial charge in [-0.1, -0.05) is 50.5 Å². The average Bonchev–Trinajstić information content (AvgIpc) is 2.50. The normalized spacial score (nSPS) is 11.1. The Kier molecular flexibility index (Phi) is 5.48. The molecule has 2 rings (SSSR count). The molecule has 0 saturated carbocycles. The van der Waals surface area contributed by atoms with E-state index in [1.54, 1.807) is 12.1 Å². The SMILES string of the molecule is CCCCCC(c1ccc(O)c(C)c1)c1ccc(O)c(C)c1. The standard InChI is InChI=1S/C20H26O2/c1-4-5-6-7-18(16-8-10-19(21)14(2)12-16)17-9-11-20(22)15(3)13-17/h8-13,18,21-22H,4-7H2,1-3H3. The van der Waals surface area contributed by atoms with Crippen molar-refractivity contribution in [1.82, 2.24) is 0 Å². The van der Waals surface area contributed by atoms with Gasteiger partial charge in [-0.3, -0.25) is 0 Å². The van der Waals surface area contributed by atoms with Gasteiger partial charge in [0.05, 0.1) is 0 Å². The van der Waals surface area contributed by atoms with Crippen molar-refractivity contribution in [3.05, 3.63) is 58.7 Å². The Morgan fingerprint density at radius 3 is 1.73 bits per heavy atom. The number of unbranched alkanes of at least 4 members (excludes halogenated alkanes) is 2. The molecular formula is C20H26O2. The minimum absolute atomic E-state index is 0.310. The summed E-state index contributed by atoms with van der Waals surface area (Å²) in [5, 5.41) is 19.5. The first-order chi connectivity index (χ1) is 10.5. The van der Waals surface area contributed by atoms with E-state index in [9.17, 15) is 10.2 Å². The van der Waals surface area contributed by atoms with Gasteiger partial charge in [-0.2, -0.15) is 0 Å². The second kappa shape index (κ2) is 7.35. The molecule has 2 heteroatoms. The van der Waals surface area contributed by atoms with Crippen molar-refractivity contribution in [2.45, 2.75) is 52.4 Å². The molecule has 0 saturated heterocycles. The lowest BCUT2D eigenvalue weighted by Gasteiger charge is -2.20. The summed E-state index contributed by atoms with van der Waals surface area (Å²) < 4.78 is 0. The first-order valence-corrected chi connectivity index (χ1v) is 8.12. The lowest BCUT2D eigenvalue weighted by molar-refractivity contribution is 0.470. The van der Waals surface area contributed by atoms with Gasteiger partial charge < -0.3 is 10.2 Å². The van der Waals surface area contributed by atoms with Gasteiger partial charge in [0.2, 0.25) is 0 Å². The molecule has 0 radical (unpaired) electrons. The van der Waals surface area contributed by atoms with Crippen LogP contribution in [-0.2, 0) is 0 Å². The van der Waals surface area contributed by atoms with Crippen LogP contribution in [0.2, 0.25) is 0 Å². The van der Waals surface area contributed by atoms with Crippen molar-refractivity contribution in [1.29, 1.82) is 0 Å². The molecule has 118 valence electrons. The Balaban J connectivity index is 2.36. The molecule has 22 heavy (non-hydrogen) atoms. The molecule has 0 aliphatic rings. The molecule has 0 aliphatic heterocycles. The minimum atomic E-state index is 0.310. The third kappa shape index (κ3) is 3.82.